The number of ether oxygens (including phenoxy) is 1. The second kappa shape index (κ2) is 6.53. The van der Waals surface area contributed by atoms with Crippen molar-refractivity contribution >= 4 is 39.2 Å². The van der Waals surface area contributed by atoms with Crippen molar-refractivity contribution in [3.8, 4) is 0 Å². The van der Waals surface area contributed by atoms with E-state index in [0.717, 1.165) is 0 Å². The van der Waals surface area contributed by atoms with Gasteiger partial charge in [-0.05, 0) is 38.1 Å². The van der Waals surface area contributed by atoms with E-state index in [0.29, 0.717) is 5.56 Å². The lowest BCUT2D eigenvalue weighted by molar-refractivity contribution is 0.121. The highest BCUT2D eigenvalue weighted by molar-refractivity contribution is 7.91. The minimum atomic E-state index is -4.05. The Labute approximate surface area is 122 Å². The number of hydrogen-bond acceptors (Lipinski definition) is 5. The predicted octanol–water partition coefficient (Wildman–Crippen LogP) is 1.11. The summed E-state index contributed by atoms with van der Waals surface area (Å²) in [5, 5.41) is 0. The molecule has 1 rings (SSSR count). The maximum atomic E-state index is 11.6. The average molecular weight is 317 g/mol. The highest BCUT2D eigenvalue weighted by atomic mass is 32.2. The number of nitrogens with one attached hydrogen (secondary N) is 2. The van der Waals surface area contributed by atoms with E-state index < -0.39 is 22.4 Å². The maximum absolute atomic E-state index is 11.6. The highest BCUT2D eigenvalue weighted by Crippen LogP contribution is 2.10. The number of thiocarbonyl (C=S) groups is 1. The summed E-state index contributed by atoms with van der Waals surface area (Å²) in [7, 11) is -4.05. The molecule has 0 aromatic heterocycles. The van der Waals surface area contributed by atoms with Crippen LogP contribution in [0.2, 0.25) is 0 Å². The van der Waals surface area contributed by atoms with Crippen LogP contribution in [-0.4, -0.2) is 25.6 Å². The van der Waals surface area contributed by atoms with Gasteiger partial charge in [0.15, 0.2) is 0 Å². The number of carbonyl (C=O) groups excluding carboxylic acids is 1. The second-order valence-electron chi connectivity index (χ2n) is 4.10. The fourth-order valence-electron chi connectivity index (χ4n) is 1.23. The van der Waals surface area contributed by atoms with Gasteiger partial charge >= 0.3 is 16.3 Å². The van der Waals surface area contributed by atoms with E-state index in [1.807, 2.05) is 0 Å². The molecule has 0 fully saturated rings. The third-order valence-electron chi connectivity index (χ3n) is 1.98. The number of rotatable bonds is 5. The van der Waals surface area contributed by atoms with Crippen molar-refractivity contribution in [3.05, 3.63) is 29.8 Å². The van der Waals surface area contributed by atoms with Crippen LogP contribution < -0.4 is 15.2 Å². The van der Waals surface area contributed by atoms with Crippen LogP contribution in [0.15, 0.2) is 24.3 Å². The van der Waals surface area contributed by atoms with Gasteiger partial charge in [0.1, 0.15) is 4.99 Å². The molecule has 7 nitrogen and oxygen atoms in total. The number of amides is 1. The Balaban J connectivity index is 2.71. The number of carbonyl (C=O) groups is 1. The zero-order chi connectivity index (χ0) is 15.3. The van der Waals surface area contributed by atoms with Crippen LogP contribution in [0.5, 0.6) is 0 Å². The third-order valence-corrected chi connectivity index (χ3v) is 3.16. The van der Waals surface area contributed by atoms with Gasteiger partial charge in [-0.1, -0.05) is 12.2 Å². The fraction of sp³-hybridized carbons (Fsp3) is 0.273. The molecular weight excluding hydrogens is 302 g/mol. The van der Waals surface area contributed by atoms with Crippen molar-refractivity contribution < 1.29 is 17.9 Å². The Morgan fingerprint density at radius 2 is 1.85 bits per heavy atom. The molecule has 0 atom stereocenters. The molecular formula is C11H15N3O4S2. The predicted molar refractivity (Wildman–Crippen MR) is 79.6 cm³/mol. The van der Waals surface area contributed by atoms with Gasteiger partial charge in [0.2, 0.25) is 0 Å². The van der Waals surface area contributed by atoms with Crippen molar-refractivity contribution in [2.45, 2.75) is 20.0 Å². The van der Waals surface area contributed by atoms with Gasteiger partial charge in [-0.15, -0.1) is 0 Å². The normalized spacial score (nSPS) is 10.9. The summed E-state index contributed by atoms with van der Waals surface area (Å²) in [6.07, 6.45) is -1.47. The fourth-order valence-corrected chi connectivity index (χ4v) is 2.13. The minimum Gasteiger partial charge on any atom is -0.446 e. The molecule has 9 heteroatoms. The zero-order valence-electron chi connectivity index (χ0n) is 10.9. The molecule has 0 aliphatic rings. The molecule has 0 bridgehead atoms. The number of benzene rings is 1. The minimum absolute atomic E-state index is 0.207. The summed E-state index contributed by atoms with van der Waals surface area (Å²) in [6.45, 7) is 3.21. The van der Waals surface area contributed by atoms with Crippen molar-refractivity contribution in [1.29, 1.82) is 0 Å². The molecule has 0 radical (unpaired) electrons. The van der Waals surface area contributed by atoms with Gasteiger partial charge in [-0.2, -0.15) is 8.42 Å². The van der Waals surface area contributed by atoms with E-state index in [9.17, 15) is 13.2 Å². The Morgan fingerprint density at radius 3 is 2.30 bits per heavy atom. The SMILES string of the molecule is CC(C)OC(=O)NS(=O)(=O)Nc1ccc(C(N)=S)cc1. The quantitative estimate of drug-likeness (QED) is 0.702. The maximum Gasteiger partial charge on any atom is 0.422 e. The molecule has 0 unspecified atom stereocenters. The zero-order valence-corrected chi connectivity index (χ0v) is 12.5. The summed E-state index contributed by atoms with van der Waals surface area (Å²) >= 11 is 4.78. The smallest absolute Gasteiger partial charge is 0.422 e. The molecule has 0 spiro atoms. The van der Waals surface area contributed by atoms with Crippen molar-refractivity contribution in [2.75, 3.05) is 4.72 Å². The molecule has 1 amide bonds. The monoisotopic (exact) mass is 317 g/mol. The van der Waals surface area contributed by atoms with Crippen molar-refractivity contribution in [1.82, 2.24) is 4.72 Å². The first-order valence-electron chi connectivity index (χ1n) is 5.60. The van der Waals surface area contributed by atoms with E-state index >= 15 is 0 Å². The van der Waals surface area contributed by atoms with Gasteiger partial charge in [-0.25, -0.2) is 9.52 Å². The highest BCUT2D eigenvalue weighted by Gasteiger charge is 2.16. The second-order valence-corrected chi connectivity index (χ2v) is 5.96. The first kappa shape index (κ1) is 16.2. The molecule has 4 N–H and O–H groups in total. The number of anilines is 1. The molecule has 0 aliphatic carbocycles. The van der Waals surface area contributed by atoms with Crippen LogP contribution >= 0.6 is 12.2 Å². The Kier molecular flexibility index (Phi) is 5.28. The largest absolute Gasteiger partial charge is 0.446 e. The van der Waals surface area contributed by atoms with E-state index in [2.05, 4.69) is 9.46 Å². The summed E-state index contributed by atoms with van der Waals surface area (Å²) in [4.78, 5) is 11.4. The summed E-state index contributed by atoms with van der Waals surface area (Å²) in [5.41, 5.74) is 6.29. The summed E-state index contributed by atoms with van der Waals surface area (Å²) < 4.78 is 31.8. The van der Waals surface area contributed by atoms with Gasteiger partial charge in [0.25, 0.3) is 0 Å². The van der Waals surface area contributed by atoms with Crippen LogP contribution in [-0.2, 0) is 14.9 Å². The van der Waals surface area contributed by atoms with Crippen LogP contribution in [0.4, 0.5) is 10.5 Å². The molecule has 1 aromatic rings. The molecule has 0 heterocycles. The van der Waals surface area contributed by atoms with E-state index in [1.165, 1.54) is 12.1 Å². The van der Waals surface area contributed by atoms with Crippen molar-refractivity contribution in [3.63, 3.8) is 0 Å². The van der Waals surface area contributed by atoms with Crippen molar-refractivity contribution in [2.24, 2.45) is 5.73 Å². The summed E-state index contributed by atoms with van der Waals surface area (Å²) in [6, 6.07) is 6.07. The van der Waals surface area contributed by atoms with Crippen LogP contribution in [0.3, 0.4) is 0 Å². The van der Waals surface area contributed by atoms with Crippen LogP contribution in [0.1, 0.15) is 19.4 Å². The lowest BCUT2D eigenvalue weighted by Crippen LogP contribution is -2.36. The van der Waals surface area contributed by atoms with E-state index in [-0.39, 0.29) is 10.7 Å². The van der Waals surface area contributed by atoms with E-state index in [1.54, 1.807) is 30.7 Å². The molecule has 0 saturated carbocycles. The summed E-state index contributed by atoms with van der Waals surface area (Å²) in [5.74, 6) is 0. The Hall–Kier alpha value is -1.87. The standard InChI is InChI=1S/C11H15N3O4S2/c1-7(2)18-11(15)14-20(16,17)13-9-5-3-8(4-6-9)10(12)19/h3-7,13H,1-2H3,(H2,12,19)(H,14,15). The first-order chi connectivity index (χ1) is 9.19. The topological polar surface area (TPSA) is 111 Å². The molecule has 0 aliphatic heterocycles. The molecule has 0 saturated heterocycles. The Bertz CT molecular complexity index is 597. The lowest BCUT2D eigenvalue weighted by Gasteiger charge is -2.11. The molecule has 1 aromatic carbocycles. The van der Waals surface area contributed by atoms with Gasteiger partial charge in [0, 0.05) is 5.56 Å². The molecule has 110 valence electrons. The van der Waals surface area contributed by atoms with Gasteiger partial charge in [-0.3, -0.25) is 4.72 Å². The lowest BCUT2D eigenvalue weighted by atomic mass is 10.2. The third kappa shape index (κ3) is 5.41. The number of nitrogens with two attached hydrogens (primary N) is 1. The molecule has 20 heavy (non-hydrogen) atoms. The average Bonchev–Trinajstić information content (AvgIpc) is 2.26. The van der Waals surface area contributed by atoms with E-state index in [4.69, 9.17) is 18.0 Å². The van der Waals surface area contributed by atoms with Gasteiger partial charge in [0.05, 0.1) is 11.8 Å². The first-order valence-corrected chi connectivity index (χ1v) is 7.50. The van der Waals surface area contributed by atoms with Crippen LogP contribution in [0.25, 0.3) is 0 Å². The Morgan fingerprint density at radius 1 is 1.30 bits per heavy atom. The van der Waals surface area contributed by atoms with Gasteiger partial charge < -0.3 is 10.5 Å². The number of hydrogen-bond donors (Lipinski definition) is 3. The van der Waals surface area contributed by atoms with Crippen LogP contribution in [0, 0.1) is 0 Å².